The van der Waals surface area contributed by atoms with E-state index in [1.165, 1.54) is 37.8 Å². The van der Waals surface area contributed by atoms with Crippen LogP contribution in [0.15, 0.2) is 58.9 Å². The number of halogens is 1. The lowest BCUT2D eigenvalue weighted by Crippen LogP contribution is -2.20. The fourth-order valence-corrected chi connectivity index (χ4v) is 4.85. The van der Waals surface area contributed by atoms with Crippen LogP contribution in [0.2, 0.25) is 5.02 Å². The van der Waals surface area contributed by atoms with Crippen LogP contribution in [0.5, 0.6) is 11.5 Å². The molecule has 0 atom stereocenters. The third kappa shape index (κ3) is 5.67. The van der Waals surface area contributed by atoms with Crippen LogP contribution < -0.4 is 14.9 Å². The van der Waals surface area contributed by atoms with Crippen LogP contribution in [-0.2, 0) is 13.5 Å². The Morgan fingerprint density at radius 1 is 1.03 bits per heavy atom. The van der Waals surface area contributed by atoms with Crippen molar-refractivity contribution in [1.29, 1.82) is 0 Å². The molecule has 4 rings (SSSR count). The van der Waals surface area contributed by atoms with Gasteiger partial charge in [-0.05, 0) is 61.4 Å². The van der Waals surface area contributed by atoms with E-state index in [1.807, 2.05) is 48.5 Å². The van der Waals surface area contributed by atoms with E-state index in [0.717, 1.165) is 35.0 Å². The van der Waals surface area contributed by atoms with Gasteiger partial charge in [0.25, 0.3) is 0 Å². The summed E-state index contributed by atoms with van der Waals surface area (Å²) in [4.78, 5) is 6.15. The highest BCUT2D eigenvalue weighted by atomic mass is 35.5. The third-order valence-corrected chi connectivity index (χ3v) is 6.73. The zero-order valence-electron chi connectivity index (χ0n) is 17.3. The number of hydrogen-bond donors (Lipinski definition) is 1. The lowest BCUT2D eigenvalue weighted by atomic mass is 9.96. The van der Waals surface area contributed by atoms with Gasteiger partial charge in [-0.2, -0.15) is 0 Å². The van der Waals surface area contributed by atoms with E-state index in [9.17, 15) is 0 Å². The average Bonchev–Trinajstić information content (AvgIpc) is 3.11. The molecule has 0 aliphatic heterocycles. The summed E-state index contributed by atoms with van der Waals surface area (Å²) < 4.78 is 8.10. The molecule has 0 saturated heterocycles. The van der Waals surface area contributed by atoms with Crippen LogP contribution in [0.1, 0.15) is 37.8 Å². The molecule has 30 heavy (non-hydrogen) atoms. The van der Waals surface area contributed by atoms with Crippen molar-refractivity contribution in [3.05, 3.63) is 69.4 Å². The molecule has 1 aliphatic carbocycles. The summed E-state index contributed by atoms with van der Waals surface area (Å²) >= 11 is 7.68. The molecule has 6 heteroatoms. The summed E-state index contributed by atoms with van der Waals surface area (Å²) in [6.07, 6.45) is 7.47. The predicted molar refractivity (Wildman–Crippen MR) is 126 cm³/mol. The second kappa shape index (κ2) is 10.2. The van der Waals surface area contributed by atoms with Crippen LogP contribution in [0.3, 0.4) is 0 Å². The summed E-state index contributed by atoms with van der Waals surface area (Å²) in [5.41, 5.74) is 2.41. The molecule has 0 amide bonds. The maximum absolute atomic E-state index is 5.91. The van der Waals surface area contributed by atoms with Crippen LogP contribution in [0.25, 0.3) is 0 Å². The maximum Gasteiger partial charge on any atom is 0.184 e. The van der Waals surface area contributed by atoms with Gasteiger partial charge in [0.1, 0.15) is 11.5 Å². The summed E-state index contributed by atoms with van der Waals surface area (Å²) in [6.45, 7) is 0.880. The highest BCUT2D eigenvalue weighted by molar-refractivity contribution is 7.07. The number of aromatic nitrogens is 1. The van der Waals surface area contributed by atoms with Gasteiger partial charge >= 0.3 is 0 Å². The predicted octanol–water partition coefficient (Wildman–Crippen LogP) is 6.42. The second-order valence-electron chi connectivity index (χ2n) is 7.75. The third-order valence-electron chi connectivity index (χ3n) is 5.50. The summed E-state index contributed by atoms with van der Waals surface area (Å²) in [6, 6.07) is 15.9. The maximum atomic E-state index is 5.91. The number of hydrogen-bond acceptors (Lipinski definition) is 4. The Kier molecular flexibility index (Phi) is 7.13. The molecule has 1 saturated carbocycles. The van der Waals surface area contributed by atoms with E-state index < -0.39 is 0 Å². The first-order chi connectivity index (χ1) is 14.7. The number of nitrogens with zero attached hydrogens (tertiary/aromatic N) is 2. The zero-order valence-corrected chi connectivity index (χ0v) is 18.9. The highest BCUT2D eigenvalue weighted by Gasteiger charge is 2.12. The minimum atomic E-state index is 0.517. The molecule has 1 N–H and O–H groups in total. The van der Waals surface area contributed by atoms with E-state index in [0.29, 0.717) is 11.1 Å². The fourth-order valence-electron chi connectivity index (χ4n) is 3.73. The Labute approximate surface area is 187 Å². The van der Waals surface area contributed by atoms with E-state index in [-0.39, 0.29) is 0 Å². The number of benzene rings is 2. The number of rotatable bonds is 7. The van der Waals surface area contributed by atoms with Crippen molar-refractivity contribution in [2.24, 2.45) is 12.0 Å². The Balaban J connectivity index is 1.29. The van der Waals surface area contributed by atoms with Gasteiger partial charge in [-0.1, -0.05) is 30.9 Å². The zero-order chi connectivity index (χ0) is 20.8. The lowest BCUT2D eigenvalue weighted by molar-refractivity contribution is 0.435. The molecule has 2 aromatic carbocycles. The number of nitrogens with one attached hydrogen (secondary N) is 1. The molecule has 4 nitrogen and oxygen atoms in total. The number of anilines is 1. The minimum absolute atomic E-state index is 0.517. The topological polar surface area (TPSA) is 38.5 Å². The molecule has 3 aromatic rings. The van der Waals surface area contributed by atoms with Gasteiger partial charge in [-0.15, -0.1) is 11.3 Å². The van der Waals surface area contributed by atoms with Gasteiger partial charge in [0.05, 0.1) is 6.04 Å². The molecule has 0 unspecified atom stereocenters. The Bertz CT molecular complexity index is 1000. The van der Waals surface area contributed by atoms with Crippen molar-refractivity contribution >= 4 is 28.6 Å². The average molecular weight is 442 g/mol. The van der Waals surface area contributed by atoms with Crippen LogP contribution in [0, 0.1) is 0 Å². The van der Waals surface area contributed by atoms with Gasteiger partial charge in [0, 0.05) is 41.8 Å². The molecule has 0 bridgehead atoms. The minimum Gasteiger partial charge on any atom is -0.457 e. The van der Waals surface area contributed by atoms with Crippen molar-refractivity contribution in [3.63, 3.8) is 0 Å². The summed E-state index contributed by atoms with van der Waals surface area (Å²) in [7, 11) is 2.14. The fraction of sp³-hybridized carbons (Fsp3) is 0.375. The van der Waals surface area contributed by atoms with Crippen LogP contribution >= 0.6 is 22.9 Å². The standard InChI is InChI=1S/C24H28ClN3OS/c1-28-21(17-30-24(28)27-20-5-3-2-4-6-20)15-16-26-19-9-13-23(14-10-19)29-22-11-7-18(25)8-12-22/h7-14,17,20,26H,2-6,15-16H2,1H3. The molecule has 1 aliphatic rings. The second-order valence-corrected chi connectivity index (χ2v) is 9.02. The normalized spacial score (nSPS) is 15.3. The Hall–Kier alpha value is -2.24. The van der Waals surface area contributed by atoms with E-state index in [2.05, 4.69) is 22.3 Å². The van der Waals surface area contributed by atoms with Crippen molar-refractivity contribution in [2.45, 2.75) is 44.6 Å². The van der Waals surface area contributed by atoms with Gasteiger partial charge in [0.2, 0.25) is 0 Å². The highest BCUT2D eigenvalue weighted by Crippen LogP contribution is 2.24. The van der Waals surface area contributed by atoms with Crippen LogP contribution in [-0.4, -0.2) is 17.2 Å². The molecule has 1 fully saturated rings. The quantitative estimate of drug-likeness (QED) is 0.459. The SMILES string of the molecule is Cn1c(CCNc2ccc(Oc3ccc(Cl)cc3)cc2)csc1=NC1CCCCC1. The Morgan fingerprint density at radius 2 is 1.70 bits per heavy atom. The Morgan fingerprint density at radius 3 is 2.40 bits per heavy atom. The lowest BCUT2D eigenvalue weighted by Gasteiger charge is -2.16. The van der Waals surface area contributed by atoms with E-state index >= 15 is 0 Å². The van der Waals surface area contributed by atoms with Gasteiger partial charge in [-0.25, -0.2) is 0 Å². The molecule has 1 aromatic heterocycles. The molecule has 0 radical (unpaired) electrons. The molecular weight excluding hydrogens is 414 g/mol. The van der Waals surface area contributed by atoms with E-state index in [4.69, 9.17) is 21.3 Å². The molecule has 1 heterocycles. The molecule has 0 spiro atoms. The van der Waals surface area contributed by atoms with Crippen molar-refractivity contribution in [2.75, 3.05) is 11.9 Å². The number of ether oxygens (including phenoxy) is 1. The molecule has 158 valence electrons. The number of thiazole rings is 1. The largest absolute Gasteiger partial charge is 0.457 e. The first kappa shape index (κ1) is 21.0. The smallest absolute Gasteiger partial charge is 0.184 e. The van der Waals surface area contributed by atoms with Crippen LogP contribution in [0.4, 0.5) is 5.69 Å². The van der Waals surface area contributed by atoms with E-state index in [1.54, 1.807) is 11.3 Å². The molecular formula is C24H28ClN3OS. The monoisotopic (exact) mass is 441 g/mol. The van der Waals surface area contributed by atoms with Gasteiger partial charge < -0.3 is 14.6 Å². The van der Waals surface area contributed by atoms with Gasteiger partial charge in [0.15, 0.2) is 4.80 Å². The first-order valence-electron chi connectivity index (χ1n) is 10.6. The summed E-state index contributed by atoms with van der Waals surface area (Å²) in [5.74, 6) is 1.58. The van der Waals surface area contributed by atoms with Crippen molar-refractivity contribution in [3.8, 4) is 11.5 Å². The summed E-state index contributed by atoms with van der Waals surface area (Å²) in [5, 5.41) is 6.44. The van der Waals surface area contributed by atoms with Gasteiger partial charge in [-0.3, -0.25) is 4.99 Å². The van der Waals surface area contributed by atoms with Crippen molar-refractivity contribution in [1.82, 2.24) is 4.57 Å². The van der Waals surface area contributed by atoms with Crippen molar-refractivity contribution < 1.29 is 4.74 Å². The first-order valence-corrected chi connectivity index (χ1v) is 11.9.